The molecular formula is C11H17N3O4S. The number of hydrogen-bond acceptors (Lipinski definition) is 5. The summed E-state index contributed by atoms with van der Waals surface area (Å²) in [5.41, 5.74) is 5.57. The summed E-state index contributed by atoms with van der Waals surface area (Å²) in [5, 5.41) is 7.60. The third-order valence-corrected chi connectivity index (χ3v) is 3.29. The number of ether oxygens (including phenoxy) is 1. The normalized spacial score (nSPS) is 11.1. The number of nitrogens with two attached hydrogens (primary N) is 2. The molecule has 19 heavy (non-hydrogen) atoms. The van der Waals surface area contributed by atoms with Crippen molar-refractivity contribution in [3.8, 4) is 5.75 Å². The second-order valence-corrected chi connectivity index (χ2v) is 5.41. The van der Waals surface area contributed by atoms with E-state index in [9.17, 15) is 13.2 Å². The third kappa shape index (κ3) is 4.51. The Morgan fingerprint density at radius 1 is 1.42 bits per heavy atom. The van der Waals surface area contributed by atoms with Crippen molar-refractivity contribution in [2.24, 2.45) is 10.9 Å². The second kappa shape index (κ2) is 6.50. The number of methoxy groups -OCH3 is 1. The highest BCUT2D eigenvalue weighted by Gasteiger charge is 2.13. The maximum atomic E-state index is 11.6. The number of carbonyl (C=O) groups excluding carboxylic acids is 1. The number of primary sulfonamides is 1. The molecule has 0 spiro atoms. The minimum Gasteiger partial charge on any atom is -0.495 e. The van der Waals surface area contributed by atoms with E-state index in [1.165, 1.54) is 25.3 Å². The van der Waals surface area contributed by atoms with Crippen LogP contribution >= 0.6 is 0 Å². The number of benzene rings is 1. The van der Waals surface area contributed by atoms with Gasteiger partial charge in [0.1, 0.15) is 5.75 Å². The summed E-state index contributed by atoms with van der Waals surface area (Å²) in [7, 11) is -2.41. The number of anilines is 1. The average Bonchev–Trinajstić information content (AvgIpc) is 2.35. The van der Waals surface area contributed by atoms with E-state index in [1.807, 2.05) is 0 Å². The first-order valence-corrected chi connectivity index (χ1v) is 7.14. The molecule has 0 saturated heterocycles. The van der Waals surface area contributed by atoms with Gasteiger partial charge in [-0.2, -0.15) is 0 Å². The standard InChI is InChI=1S/C11H17N3O4S/c1-18-10-5-4-8(19(13,16)17)7-9(10)14-11(15)3-2-6-12/h4-5,7H,2-3,6,12H2,1H3,(H,14,15)(H2,13,16,17). The molecule has 0 heterocycles. The molecule has 1 aromatic carbocycles. The highest BCUT2D eigenvalue weighted by Crippen LogP contribution is 2.27. The minimum absolute atomic E-state index is 0.0950. The van der Waals surface area contributed by atoms with E-state index in [2.05, 4.69) is 5.32 Å². The fraction of sp³-hybridized carbons (Fsp3) is 0.364. The maximum Gasteiger partial charge on any atom is 0.238 e. The lowest BCUT2D eigenvalue weighted by Gasteiger charge is -2.11. The molecule has 1 aromatic rings. The summed E-state index contributed by atoms with van der Waals surface area (Å²) in [4.78, 5) is 11.5. The number of nitrogens with one attached hydrogen (secondary N) is 1. The third-order valence-electron chi connectivity index (χ3n) is 2.38. The van der Waals surface area contributed by atoms with E-state index < -0.39 is 10.0 Å². The van der Waals surface area contributed by atoms with Crippen molar-refractivity contribution in [2.75, 3.05) is 19.0 Å². The average molecular weight is 287 g/mol. The van der Waals surface area contributed by atoms with Crippen molar-refractivity contribution >= 4 is 21.6 Å². The molecule has 0 unspecified atom stereocenters. The maximum absolute atomic E-state index is 11.6. The monoisotopic (exact) mass is 287 g/mol. The molecule has 1 amide bonds. The Hall–Kier alpha value is -1.64. The van der Waals surface area contributed by atoms with Gasteiger partial charge in [-0.3, -0.25) is 4.79 Å². The van der Waals surface area contributed by atoms with Gasteiger partial charge in [-0.1, -0.05) is 0 Å². The molecule has 0 fully saturated rings. The largest absolute Gasteiger partial charge is 0.495 e. The summed E-state index contributed by atoms with van der Waals surface area (Å²) < 4.78 is 27.5. The van der Waals surface area contributed by atoms with Gasteiger partial charge in [-0.05, 0) is 31.2 Å². The number of carbonyl (C=O) groups is 1. The molecule has 0 aromatic heterocycles. The van der Waals surface area contributed by atoms with Crippen LogP contribution in [-0.4, -0.2) is 28.0 Å². The molecule has 0 bridgehead atoms. The van der Waals surface area contributed by atoms with Crippen molar-refractivity contribution in [3.63, 3.8) is 0 Å². The van der Waals surface area contributed by atoms with Gasteiger partial charge >= 0.3 is 0 Å². The lowest BCUT2D eigenvalue weighted by Crippen LogP contribution is -2.16. The van der Waals surface area contributed by atoms with Crippen molar-refractivity contribution in [2.45, 2.75) is 17.7 Å². The molecule has 1 rings (SSSR count). The fourth-order valence-electron chi connectivity index (χ4n) is 1.44. The number of rotatable bonds is 6. The highest BCUT2D eigenvalue weighted by atomic mass is 32.2. The lowest BCUT2D eigenvalue weighted by atomic mass is 10.2. The Bertz CT molecular complexity index is 557. The first kappa shape index (κ1) is 15.4. The Morgan fingerprint density at radius 2 is 2.11 bits per heavy atom. The lowest BCUT2D eigenvalue weighted by molar-refractivity contribution is -0.116. The van der Waals surface area contributed by atoms with Gasteiger partial charge in [-0.25, -0.2) is 13.6 Å². The minimum atomic E-state index is -3.83. The van der Waals surface area contributed by atoms with Gasteiger partial charge in [0.25, 0.3) is 0 Å². The second-order valence-electron chi connectivity index (χ2n) is 3.85. The van der Waals surface area contributed by atoms with Gasteiger partial charge in [0, 0.05) is 6.42 Å². The molecule has 0 atom stereocenters. The number of sulfonamides is 1. The van der Waals surface area contributed by atoms with E-state index in [0.717, 1.165) is 0 Å². The van der Waals surface area contributed by atoms with E-state index in [4.69, 9.17) is 15.6 Å². The fourth-order valence-corrected chi connectivity index (χ4v) is 1.98. The molecule has 0 aliphatic rings. The van der Waals surface area contributed by atoms with Crippen LogP contribution in [0.5, 0.6) is 5.75 Å². The van der Waals surface area contributed by atoms with Crippen LogP contribution in [0.3, 0.4) is 0 Å². The van der Waals surface area contributed by atoms with E-state index >= 15 is 0 Å². The Morgan fingerprint density at radius 3 is 2.63 bits per heavy atom. The molecule has 5 N–H and O–H groups in total. The predicted octanol–water partition coefficient (Wildman–Crippen LogP) is 0.0200. The SMILES string of the molecule is COc1ccc(S(N)(=O)=O)cc1NC(=O)CCCN. The predicted molar refractivity (Wildman–Crippen MR) is 71.3 cm³/mol. The van der Waals surface area contributed by atoms with Crippen molar-refractivity contribution in [3.05, 3.63) is 18.2 Å². The first-order valence-electron chi connectivity index (χ1n) is 5.59. The van der Waals surface area contributed by atoms with Crippen LogP contribution in [0.1, 0.15) is 12.8 Å². The van der Waals surface area contributed by atoms with Gasteiger partial charge in [0.05, 0.1) is 17.7 Å². The molecule has 0 aliphatic heterocycles. The summed E-state index contributed by atoms with van der Waals surface area (Å²) in [6.07, 6.45) is 0.794. The molecule has 0 saturated carbocycles. The zero-order chi connectivity index (χ0) is 14.5. The Balaban J connectivity index is 3.00. The van der Waals surface area contributed by atoms with Crippen LogP contribution in [0.4, 0.5) is 5.69 Å². The zero-order valence-corrected chi connectivity index (χ0v) is 11.4. The summed E-state index contributed by atoms with van der Waals surface area (Å²) in [6, 6.07) is 4.00. The van der Waals surface area contributed by atoms with Gasteiger partial charge in [0.15, 0.2) is 0 Å². The van der Waals surface area contributed by atoms with Crippen LogP contribution < -0.4 is 20.9 Å². The summed E-state index contributed by atoms with van der Waals surface area (Å²) in [6.45, 7) is 0.405. The van der Waals surface area contributed by atoms with Crippen LogP contribution in [0.15, 0.2) is 23.1 Å². The molecule has 0 aliphatic carbocycles. The number of hydrogen-bond donors (Lipinski definition) is 3. The Labute approximate surface area is 112 Å². The molecule has 106 valence electrons. The van der Waals surface area contributed by atoms with Crippen LogP contribution in [0.2, 0.25) is 0 Å². The summed E-state index contributed by atoms with van der Waals surface area (Å²) >= 11 is 0. The topological polar surface area (TPSA) is 125 Å². The molecule has 0 radical (unpaired) electrons. The van der Waals surface area contributed by atoms with E-state index in [1.54, 1.807) is 0 Å². The quantitative estimate of drug-likeness (QED) is 0.680. The van der Waals surface area contributed by atoms with Crippen LogP contribution in [0.25, 0.3) is 0 Å². The molecule has 8 heteroatoms. The number of amides is 1. The molecule has 7 nitrogen and oxygen atoms in total. The van der Waals surface area contributed by atoms with Crippen LogP contribution in [-0.2, 0) is 14.8 Å². The van der Waals surface area contributed by atoms with E-state index in [-0.39, 0.29) is 22.9 Å². The highest BCUT2D eigenvalue weighted by molar-refractivity contribution is 7.89. The zero-order valence-electron chi connectivity index (χ0n) is 10.5. The van der Waals surface area contributed by atoms with Gasteiger partial charge in [0.2, 0.25) is 15.9 Å². The molecular weight excluding hydrogens is 270 g/mol. The Kier molecular flexibility index (Phi) is 5.28. The first-order chi connectivity index (χ1) is 8.88. The smallest absolute Gasteiger partial charge is 0.238 e. The van der Waals surface area contributed by atoms with Gasteiger partial charge in [-0.15, -0.1) is 0 Å². The van der Waals surface area contributed by atoms with Crippen molar-refractivity contribution in [1.29, 1.82) is 0 Å². The van der Waals surface area contributed by atoms with E-state index in [0.29, 0.717) is 18.7 Å². The van der Waals surface area contributed by atoms with Crippen molar-refractivity contribution < 1.29 is 17.9 Å². The van der Waals surface area contributed by atoms with Crippen molar-refractivity contribution in [1.82, 2.24) is 0 Å². The summed E-state index contributed by atoms with van der Waals surface area (Å²) in [5.74, 6) is 0.0869. The van der Waals surface area contributed by atoms with Crippen LogP contribution in [0, 0.1) is 0 Å². The van der Waals surface area contributed by atoms with Gasteiger partial charge < -0.3 is 15.8 Å².